The van der Waals surface area contributed by atoms with Crippen LogP contribution in [0.25, 0.3) is 10.9 Å². The molecule has 2 N–H and O–H groups in total. The van der Waals surface area contributed by atoms with E-state index in [0.717, 1.165) is 16.7 Å². The second kappa shape index (κ2) is 6.42. The maximum atomic E-state index is 13.0. The fourth-order valence-corrected chi connectivity index (χ4v) is 3.32. The van der Waals surface area contributed by atoms with E-state index in [1.165, 1.54) is 0 Å². The van der Waals surface area contributed by atoms with Crippen molar-refractivity contribution in [2.24, 2.45) is 0 Å². The fourth-order valence-electron chi connectivity index (χ4n) is 3.32. The van der Waals surface area contributed by atoms with E-state index in [4.69, 9.17) is 9.47 Å². The minimum absolute atomic E-state index is 0.186. The Kier molecular flexibility index (Phi) is 4.08. The van der Waals surface area contributed by atoms with Gasteiger partial charge in [0.2, 0.25) is 0 Å². The van der Waals surface area contributed by atoms with Crippen molar-refractivity contribution < 1.29 is 14.3 Å². The Morgan fingerprint density at radius 1 is 1.38 bits per heavy atom. The summed E-state index contributed by atoms with van der Waals surface area (Å²) in [6.07, 6.45) is 4.10. The van der Waals surface area contributed by atoms with Crippen molar-refractivity contribution in [2.75, 3.05) is 20.3 Å². The van der Waals surface area contributed by atoms with Gasteiger partial charge in [0.1, 0.15) is 17.1 Å². The summed E-state index contributed by atoms with van der Waals surface area (Å²) in [5, 5.41) is 4.00. The number of aromatic nitrogens is 3. The number of rotatable bonds is 4. The third-order valence-electron chi connectivity index (χ3n) is 4.79. The first-order valence-electron chi connectivity index (χ1n) is 8.47. The van der Waals surface area contributed by atoms with E-state index in [0.29, 0.717) is 36.7 Å². The molecule has 0 bridgehead atoms. The zero-order valence-corrected chi connectivity index (χ0v) is 14.7. The second-order valence-electron chi connectivity index (χ2n) is 6.46. The molecule has 3 aromatic rings. The lowest BCUT2D eigenvalue weighted by atomic mass is 9.96. The van der Waals surface area contributed by atoms with Crippen molar-refractivity contribution in [1.29, 1.82) is 0 Å². The van der Waals surface area contributed by atoms with Gasteiger partial charge < -0.3 is 19.8 Å². The number of methoxy groups -OCH3 is 1. The topological polar surface area (TPSA) is 89.1 Å². The molecule has 1 aliphatic heterocycles. The Bertz CT molecular complexity index is 947. The number of H-pyrrole nitrogens is 1. The summed E-state index contributed by atoms with van der Waals surface area (Å²) in [5.41, 5.74) is 1.36. The number of pyridine rings is 1. The molecule has 7 nitrogen and oxygen atoms in total. The minimum Gasteiger partial charge on any atom is -0.497 e. The highest BCUT2D eigenvalue weighted by molar-refractivity contribution is 5.99. The lowest BCUT2D eigenvalue weighted by molar-refractivity contribution is 0.0868. The quantitative estimate of drug-likeness (QED) is 0.752. The van der Waals surface area contributed by atoms with Crippen molar-refractivity contribution in [3.05, 3.63) is 53.7 Å². The standard InChI is InChI=1S/C19H20N4O3/c1-12-15(9-13-3-4-14(25-2)10-16(13)22-12)17(24)23-19(5-8-26-11-19)18-20-6-7-21-18/h3-4,6-7,9-10H,5,8,11H2,1-2H3,(H,20,21)(H,23,24). The van der Waals surface area contributed by atoms with Gasteiger partial charge in [-0.05, 0) is 25.1 Å². The van der Waals surface area contributed by atoms with E-state index in [9.17, 15) is 4.79 Å². The molecular formula is C19H20N4O3. The van der Waals surface area contributed by atoms with Crippen molar-refractivity contribution >= 4 is 16.8 Å². The van der Waals surface area contributed by atoms with Crippen LogP contribution in [0.5, 0.6) is 5.75 Å². The van der Waals surface area contributed by atoms with Crippen molar-refractivity contribution in [3.63, 3.8) is 0 Å². The molecule has 4 rings (SSSR count). The number of carbonyl (C=O) groups is 1. The maximum absolute atomic E-state index is 13.0. The molecule has 7 heteroatoms. The van der Waals surface area contributed by atoms with Gasteiger partial charge >= 0.3 is 0 Å². The van der Waals surface area contributed by atoms with Crippen LogP contribution in [0.3, 0.4) is 0 Å². The van der Waals surface area contributed by atoms with Crippen LogP contribution >= 0.6 is 0 Å². The molecule has 2 aromatic heterocycles. The molecule has 0 aliphatic carbocycles. The van der Waals surface area contributed by atoms with Crippen LogP contribution in [0.2, 0.25) is 0 Å². The average molecular weight is 352 g/mol. The van der Waals surface area contributed by atoms with Gasteiger partial charge in [-0.1, -0.05) is 0 Å². The SMILES string of the molecule is COc1ccc2cc(C(=O)NC3(c4ncc[nH]4)CCOC3)c(C)nc2c1. The summed E-state index contributed by atoms with van der Waals surface area (Å²) < 4.78 is 10.8. The lowest BCUT2D eigenvalue weighted by Gasteiger charge is -2.27. The highest BCUT2D eigenvalue weighted by Gasteiger charge is 2.41. The summed E-state index contributed by atoms with van der Waals surface area (Å²) in [6.45, 7) is 2.80. The Balaban J connectivity index is 1.68. The highest BCUT2D eigenvalue weighted by Crippen LogP contribution is 2.29. The number of imidazole rings is 1. The van der Waals surface area contributed by atoms with Crippen molar-refractivity contribution in [2.45, 2.75) is 18.9 Å². The smallest absolute Gasteiger partial charge is 0.254 e. The second-order valence-corrected chi connectivity index (χ2v) is 6.46. The van der Waals surface area contributed by atoms with Crippen LogP contribution in [0, 0.1) is 6.92 Å². The Labute approximate surface area is 150 Å². The van der Waals surface area contributed by atoms with E-state index in [1.807, 2.05) is 31.2 Å². The number of aryl methyl sites for hydroxylation is 1. The zero-order valence-electron chi connectivity index (χ0n) is 14.7. The van der Waals surface area contributed by atoms with E-state index in [1.54, 1.807) is 19.5 Å². The van der Waals surface area contributed by atoms with Gasteiger partial charge in [-0.3, -0.25) is 9.78 Å². The Morgan fingerprint density at radius 3 is 2.96 bits per heavy atom. The number of aromatic amines is 1. The van der Waals surface area contributed by atoms with Gasteiger partial charge in [-0.15, -0.1) is 0 Å². The van der Waals surface area contributed by atoms with Crippen LogP contribution in [-0.4, -0.2) is 41.2 Å². The van der Waals surface area contributed by atoms with E-state index in [2.05, 4.69) is 20.3 Å². The summed E-state index contributed by atoms with van der Waals surface area (Å²) in [6, 6.07) is 7.48. The molecule has 3 heterocycles. The highest BCUT2D eigenvalue weighted by atomic mass is 16.5. The largest absolute Gasteiger partial charge is 0.497 e. The molecule has 1 amide bonds. The van der Waals surface area contributed by atoms with Crippen LogP contribution in [0.1, 0.15) is 28.3 Å². The average Bonchev–Trinajstić information content (AvgIpc) is 3.33. The van der Waals surface area contributed by atoms with Gasteiger partial charge in [-0.25, -0.2) is 4.98 Å². The van der Waals surface area contributed by atoms with Crippen LogP contribution < -0.4 is 10.1 Å². The third kappa shape index (κ3) is 2.80. The molecule has 1 atom stereocenters. The molecule has 0 saturated carbocycles. The van der Waals surface area contributed by atoms with E-state index >= 15 is 0 Å². The summed E-state index contributed by atoms with van der Waals surface area (Å²) >= 11 is 0. The fraction of sp³-hybridized carbons (Fsp3) is 0.316. The molecule has 134 valence electrons. The van der Waals surface area contributed by atoms with Gasteiger partial charge in [0.15, 0.2) is 0 Å². The number of benzene rings is 1. The van der Waals surface area contributed by atoms with Crippen molar-refractivity contribution in [3.8, 4) is 5.75 Å². The molecule has 1 aromatic carbocycles. The summed E-state index contributed by atoms with van der Waals surface area (Å²) in [4.78, 5) is 25.0. The Morgan fingerprint density at radius 2 is 2.27 bits per heavy atom. The van der Waals surface area contributed by atoms with Gasteiger partial charge in [0.25, 0.3) is 5.91 Å². The first kappa shape index (κ1) is 16.5. The number of ether oxygens (including phenoxy) is 2. The predicted molar refractivity (Wildman–Crippen MR) is 96.2 cm³/mol. The first-order valence-corrected chi connectivity index (χ1v) is 8.47. The first-order chi connectivity index (χ1) is 12.6. The van der Waals surface area contributed by atoms with E-state index < -0.39 is 5.54 Å². The predicted octanol–water partition coefficient (Wildman–Crippen LogP) is 2.32. The number of fused-ring (bicyclic) bond motifs is 1. The van der Waals surface area contributed by atoms with E-state index in [-0.39, 0.29) is 5.91 Å². The monoisotopic (exact) mass is 352 g/mol. The molecule has 1 saturated heterocycles. The molecule has 1 aliphatic rings. The normalized spacial score (nSPS) is 19.6. The molecule has 0 radical (unpaired) electrons. The number of nitrogens with one attached hydrogen (secondary N) is 2. The zero-order chi connectivity index (χ0) is 18.1. The van der Waals surface area contributed by atoms with Crippen LogP contribution in [-0.2, 0) is 10.3 Å². The summed E-state index contributed by atoms with van der Waals surface area (Å²) in [7, 11) is 1.62. The number of amides is 1. The van der Waals surface area contributed by atoms with Gasteiger partial charge in [0, 0.05) is 36.9 Å². The molecule has 26 heavy (non-hydrogen) atoms. The number of hydrogen-bond acceptors (Lipinski definition) is 5. The number of nitrogens with zero attached hydrogens (tertiary/aromatic N) is 2. The maximum Gasteiger partial charge on any atom is 0.254 e. The molecule has 1 fully saturated rings. The molecule has 1 unspecified atom stereocenters. The van der Waals surface area contributed by atoms with Gasteiger partial charge in [-0.2, -0.15) is 0 Å². The van der Waals surface area contributed by atoms with Crippen molar-refractivity contribution in [1.82, 2.24) is 20.3 Å². The minimum atomic E-state index is -0.637. The number of carbonyl (C=O) groups excluding carboxylic acids is 1. The summed E-state index contributed by atoms with van der Waals surface area (Å²) in [5.74, 6) is 1.26. The van der Waals surface area contributed by atoms with Crippen LogP contribution in [0.4, 0.5) is 0 Å². The number of hydrogen-bond donors (Lipinski definition) is 2. The molecular weight excluding hydrogens is 332 g/mol. The third-order valence-corrected chi connectivity index (χ3v) is 4.79. The molecule has 0 spiro atoms. The lowest BCUT2D eigenvalue weighted by Crippen LogP contribution is -2.47. The Hall–Kier alpha value is -2.93. The van der Waals surface area contributed by atoms with Gasteiger partial charge in [0.05, 0.1) is 30.5 Å². The van der Waals surface area contributed by atoms with Crippen LogP contribution in [0.15, 0.2) is 36.7 Å².